The molecule has 0 amide bonds. The molecule has 1 aromatic rings. The Morgan fingerprint density at radius 1 is 1.53 bits per heavy atom. The largest absolute Gasteiger partial charge is 0.355 e. The molecular weight excluding hydrogens is 234 g/mol. The van der Waals surface area contributed by atoms with Crippen molar-refractivity contribution in [2.75, 3.05) is 18.0 Å². The second-order valence-electron chi connectivity index (χ2n) is 4.16. The van der Waals surface area contributed by atoms with Crippen LogP contribution in [0.15, 0.2) is 12.3 Å². The van der Waals surface area contributed by atoms with Crippen molar-refractivity contribution in [3.8, 4) is 6.07 Å². The standard InChI is InChI=1S/C13H18ClN3/c1-4-10(3)9-17(5-2)13-12(14)11(8-15)6-7-16-13/h6-7,10H,4-5,9H2,1-3H3. The quantitative estimate of drug-likeness (QED) is 0.804. The van der Waals surface area contributed by atoms with Crippen LogP contribution in [0.25, 0.3) is 0 Å². The predicted molar refractivity (Wildman–Crippen MR) is 71.3 cm³/mol. The Balaban J connectivity index is 3.00. The fourth-order valence-electron chi connectivity index (χ4n) is 1.61. The third-order valence-electron chi connectivity index (χ3n) is 2.90. The highest BCUT2D eigenvalue weighted by Gasteiger charge is 2.15. The molecule has 0 fully saturated rings. The Morgan fingerprint density at radius 3 is 2.76 bits per heavy atom. The molecule has 1 aromatic heterocycles. The molecule has 0 saturated carbocycles. The summed E-state index contributed by atoms with van der Waals surface area (Å²) in [5, 5.41) is 9.40. The molecule has 0 saturated heterocycles. The molecule has 1 rings (SSSR count). The van der Waals surface area contributed by atoms with Gasteiger partial charge >= 0.3 is 0 Å². The van der Waals surface area contributed by atoms with Crippen LogP contribution in [0.5, 0.6) is 0 Å². The molecule has 0 N–H and O–H groups in total. The molecule has 0 aromatic carbocycles. The first kappa shape index (κ1) is 13.8. The SMILES string of the molecule is CCC(C)CN(CC)c1nccc(C#N)c1Cl. The summed E-state index contributed by atoms with van der Waals surface area (Å²) < 4.78 is 0. The number of halogens is 1. The number of hydrogen-bond acceptors (Lipinski definition) is 3. The van der Waals surface area contributed by atoms with Gasteiger partial charge in [0.25, 0.3) is 0 Å². The maximum Gasteiger partial charge on any atom is 0.148 e. The van der Waals surface area contributed by atoms with Crippen LogP contribution in [0.2, 0.25) is 5.02 Å². The van der Waals surface area contributed by atoms with E-state index in [4.69, 9.17) is 16.9 Å². The number of nitrogens with zero attached hydrogens (tertiary/aromatic N) is 3. The maximum atomic E-state index is 8.94. The molecule has 3 nitrogen and oxygen atoms in total. The average Bonchev–Trinajstić information content (AvgIpc) is 2.36. The van der Waals surface area contributed by atoms with Crippen LogP contribution in [0, 0.1) is 17.2 Å². The highest BCUT2D eigenvalue weighted by Crippen LogP contribution is 2.27. The monoisotopic (exact) mass is 251 g/mol. The Hall–Kier alpha value is -1.27. The minimum absolute atomic E-state index is 0.458. The molecule has 92 valence electrons. The van der Waals surface area contributed by atoms with E-state index in [0.717, 1.165) is 19.5 Å². The van der Waals surface area contributed by atoms with Crippen LogP contribution >= 0.6 is 11.6 Å². The lowest BCUT2D eigenvalue weighted by Gasteiger charge is -2.26. The van der Waals surface area contributed by atoms with Crippen LogP contribution in [-0.4, -0.2) is 18.1 Å². The summed E-state index contributed by atoms with van der Waals surface area (Å²) in [5.74, 6) is 1.30. The Labute approximate surface area is 108 Å². The third-order valence-corrected chi connectivity index (χ3v) is 3.27. The first-order valence-corrected chi connectivity index (χ1v) is 6.31. The number of hydrogen-bond donors (Lipinski definition) is 0. The first-order chi connectivity index (χ1) is 8.13. The van der Waals surface area contributed by atoms with Crippen molar-refractivity contribution in [1.29, 1.82) is 5.26 Å². The van der Waals surface area contributed by atoms with Gasteiger partial charge in [-0.1, -0.05) is 31.9 Å². The summed E-state index contributed by atoms with van der Waals surface area (Å²) in [6, 6.07) is 3.73. The molecule has 0 aliphatic carbocycles. The van der Waals surface area contributed by atoms with E-state index in [1.54, 1.807) is 12.3 Å². The number of pyridine rings is 1. The van der Waals surface area contributed by atoms with Crippen molar-refractivity contribution in [1.82, 2.24) is 4.98 Å². The number of anilines is 1. The topological polar surface area (TPSA) is 39.9 Å². The van der Waals surface area contributed by atoms with Gasteiger partial charge in [-0.2, -0.15) is 5.26 Å². The van der Waals surface area contributed by atoms with Gasteiger partial charge in [-0.3, -0.25) is 0 Å². The number of aromatic nitrogens is 1. The molecule has 0 radical (unpaired) electrons. The predicted octanol–water partition coefficient (Wildman–Crippen LogP) is 3.48. The molecule has 4 heteroatoms. The zero-order valence-corrected chi connectivity index (χ0v) is 11.3. The normalized spacial score (nSPS) is 11.9. The van der Waals surface area contributed by atoms with Crippen LogP contribution in [0.3, 0.4) is 0 Å². The summed E-state index contributed by atoms with van der Waals surface area (Å²) in [5.41, 5.74) is 0.485. The van der Waals surface area contributed by atoms with E-state index in [1.807, 2.05) is 0 Å². The number of nitriles is 1. The molecule has 0 aliphatic heterocycles. The van der Waals surface area contributed by atoms with Gasteiger partial charge in [0.1, 0.15) is 16.9 Å². The molecular formula is C13H18ClN3. The molecule has 0 spiro atoms. The van der Waals surface area contributed by atoms with Gasteiger partial charge in [0, 0.05) is 19.3 Å². The zero-order valence-electron chi connectivity index (χ0n) is 10.6. The van der Waals surface area contributed by atoms with E-state index < -0.39 is 0 Å². The van der Waals surface area contributed by atoms with E-state index in [2.05, 4.69) is 36.7 Å². The van der Waals surface area contributed by atoms with Crippen molar-refractivity contribution in [3.05, 3.63) is 22.8 Å². The minimum atomic E-state index is 0.458. The first-order valence-electron chi connectivity index (χ1n) is 5.93. The van der Waals surface area contributed by atoms with Crippen molar-refractivity contribution >= 4 is 17.4 Å². The lowest BCUT2D eigenvalue weighted by atomic mass is 10.1. The Bertz CT molecular complexity index is 412. The lowest BCUT2D eigenvalue weighted by Crippen LogP contribution is -2.29. The molecule has 1 unspecified atom stereocenters. The van der Waals surface area contributed by atoms with Gasteiger partial charge in [-0.15, -0.1) is 0 Å². The second kappa shape index (κ2) is 6.46. The molecule has 0 bridgehead atoms. The minimum Gasteiger partial charge on any atom is -0.355 e. The zero-order chi connectivity index (χ0) is 12.8. The molecule has 0 aliphatic rings. The smallest absolute Gasteiger partial charge is 0.148 e. The van der Waals surface area contributed by atoms with E-state index in [0.29, 0.717) is 22.3 Å². The van der Waals surface area contributed by atoms with E-state index in [1.165, 1.54) is 0 Å². The van der Waals surface area contributed by atoms with Gasteiger partial charge in [0.2, 0.25) is 0 Å². The van der Waals surface area contributed by atoms with Crippen molar-refractivity contribution < 1.29 is 0 Å². The molecule has 1 atom stereocenters. The molecule has 1 heterocycles. The highest BCUT2D eigenvalue weighted by atomic mass is 35.5. The maximum absolute atomic E-state index is 8.94. The van der Waals surface area contributed by atoms with Crippen LogP contribution in [0.1, 0.15) is 32.8 Å². The number of rotatable bonds is 5. The van der Waals surface area contributed by atoms with Crippen LogP contribution in [0.4, 0.5) is 5.82 Å². The van der Waals surface area contributed by atoms with Gasteiger partial charge in [0.05, 0.1) is 5.56 Å². The highest BCUT2D eigenvalue weighted by molar-refractivity contribution is 6.34. The third kappa shape index (κ3) is 3.34. The summed E-state index contributed by atoms with van der Waals surface area (Å²) in [4.78, 5) is 6.41. The van der Waals surface area contributed by atoms with E-state index in [-0.39, 0.29) is 0 Å². The average molecular weight is 252 g/mol. The summed E-state index contributed by atoms with van der Waals surface area (Å²) in [7, 11) is 0. The van der Waals surface area contributed by atoms with Gasteiger partial charge < -0.3 is 4.90 Å². The lowest BCUT2D eigenvalue weighted by molar-refractivity contribution is 0.545. The van der Waals surface area contributed by atoms with E-state index >= 15 is 0 Å². The van der Waals surface area contributed by atoms with Gasteiger partial charge in [-0.05, 0) is 18.9 Å². The van der Waals surface area contributed by atoms with E-state index in [9.17, 15) is 0 Å². The Morgan fingerprint density at radius 2 is 2.24 bits per heavy atom. The van der Waals surface area contributed by atoms with Gasteiger partial charge in [-0.25, -0.2) is 4.98 Å². The van der Waals surface area contributed by atoms with Crippen molar-refractivity contribution in [2.24, 2.45) is 5.92 Å². The van der Waals surface area contributed by atoms with Gasteiger partial charge in [0.15, 0.2) is 0 Å². The fraction of sp³-hybridized carbons (Fsp3) is 0.538. The molecule has 17 heavy (non-hydrogen) atoms. The summed E-state index contributed by atoms with van der Waals surface area (Å²) in [6.45, 7) is 8.18. The fourth-order valence-corrected chi connectivity index (χ4v) is 1.88. The van der Waals surface area contributed by atoms with Crippen molar-refractivity contribution in [3.63, 3.8) is 0 Å². The van der Waals surface area contributed by atoms with Crippen LogP contribution in [-0.2, 0) is 0 Å². The summed E-state index contributed by atoms with van der Waals surface area (Å²) in [6.07, 6.45) is 2.76. The Kier molecular flexibility index (Phi) is 5.24. The second-order valence-corrected chi connectivity index (χ2v) is 4.54. The van der Waals surface area contributed by atoms with Crippen molar-refractivity contribution in [2.45, 2.75) is 27.2 Å². The summed E-state index contributed by atoms with van der Waals surface area (Å²) >= 11 is 6.18. The van der Waals surface area contributed by atoms with Crippen LogP contribution < -0.4 is 4.90 Å².